The van der Waals surface area contributed by atoms with E-state index in [0.29, 0.717) is 24.1 Å². The summed E-state index contributed by atoms with van der Waals surface area (Å²) in [7, 11) is -2.54. The van der Waals surface area contributed by atoms with Gasteiger partial charge in [0.25, 0.3) is 0 Å². The molecule has 2 fully saturated rings. The molecule has 182 valence electrons. The molecule has 2 saturated heterocycles. The van der Waals surface area contributed by atoms with Crippen molar-refractivity contribution in [1.29, 1.82) is 0 Å². The van der Waals surface area contributed by atoms with Gasteiger partial charge in [0.15, 0.2) is 11.6 Å². The van der Waals surface area contributed by atoms with Crippen LogP contribution in [0.25, 0.3) is 0 Å². The minimum atomic E-state index is -3.95. The summed E-state index contributed by atoms with van der Waals surface area (Å²) < 4.78 is 48.2. The Morgan fingerprint density at radius 3 is 2.48 bits per heavy atom. The average molecular weight is 501 g/mol. The number of ether oxygens (including phenoxy) is 3. The molecule has 2 aromatic heterocycles. The molecule has 4 atom stereocenters. The van der Waals surface area contributed by atoms with E-state index in [1.807, 2.05) is 11.5 Å². The molecule has 11 nitrogen and oxygen atoms in total. The van der Waals surface area contributed by atoms with Gasteiger partial charge in [-0.3, -0.25) is 9.29 Å². The molecular formula is C20H29ClN6O5S. The van der Waals surface area contributed by atoms with Crippen LogP contribution in [-0.2, 0) is 24.2 Å². The predicted octanol–water partition coefficient (Wildman–Crippen LogP) is 2.83. The lowest BCUT2D eigenvalue weighted by Gasteiger charge is -2.28. The van der Waals surface area contributed by atoms with Gasteiger partial charge in [0.1, 0.15) is 17.5 Å². The van der Waals surface area contributed by atoms with Gasteiger partial charge in [-0.15, -0.1) is 10.2 Å². The highest BCUT2D eigenvalue weighted by molar-refractivity contribution is 7.93. The van der Waals surface area contributed by atoms with E-state index in [-0.39, 0.29) is 30.0 Å². The molecule has 1 N–H and O–H groups in total. The van der Waals surface area contributed by atoms with Gasteiger partial charge >= 0.3 is 0 Å². The fraction of sp³-hybridized carbons (Fsp3) is 0.700. The molecule has 4 rings (SSSR count). The van der Waals surface area contributed by atoms with Gasteiger partial charge in [-0.25, -0.2) is 18.4 Å². The first-order valence-electron chi connectivity index (χ1n) is 11.0. The minimum absolute atomic E-state index is 0.00841. The van der Waals surface area contributed by atoms with Crippen molar-refractivity contribution in [3.8, 4) is 0 Å². The molecular weight excluding hydrogens is 472 g/mol. The summed E-state index contributed by atoms with van der Waals surface area (Å²) in [5.74, 6) is 1.03. The molecule has 2 aliphatic heterocycles. The molecule has 0 amide bonds. The van der Waals surface area contributed by atoms with E-state index in [2.05, 4.69) is 24.9 Å². The third-order valence-electron chi connectivity index (χ3n) is 6.10. The number of nitrogens with one attached hydrogen (secondary N) is 1. The molecule has 2 aromatic rings. The third-order valence-corrected chi connectivity index (χ3v) is 7.98. The van der Waals surface area contributed by atoms with Crippen molar-refractivity contribution in [2.24, 2.45) is 0 Å². The fourth-order valence-corrected chi connectivity index (χ4v) is 5.48. The Balaban J connectivity index is 1.62. The van der Waals surface area contributed by atoms with Crippen molar-refractivity contribution in [2.45, 2.75) is 69.1 Å². The van der Waals surface area contributed by atoms with Crippen LogP contribution in [0.5, 0.6) is 0 Å². The fourth-order valence-electron chi connectivity index (χ4n) is 4.25. The van der Waals surface area contributed by atoms with Crippen LogP contribution in [-0.4, -0.2) is 64.8 Å². The largest absolute Gasteiger partial charge is 0.381 e. The van der Waals surface area contributed by atoms with Crippen LogP contribution in [0.4, 0.5) is 5.95 Å². The topological polar surface area (TPSA) is 130 Å². The van der Waals surface area contributed by atoms with E-state index in [9.17, 15) is 8.42 Å². The highest BCUT2D eigenvalue weighted by atomic mass is 35.5. The smallest absolute Gasteiger partial charge is 0.240 e. The van der Waals surface area contributed by atoms with Crippen LogP contribution in [0, 0.1) is 0 Å². The maximum atomic E-state index is 13.3. The zero-order valence-electron chi connectivity index (χ0n) is 18.8. The number of rotatable bonds is 8. The summed E-state index contributed by atoms with van der Waals surface area (Å²) in [6.45, 7) is 4.73. The van der Waals surface area contributed by atoms with Gasteiger partial charge in [0.05, 0.1) is 11.1 Å². The van der Waals surface area contributed by atoms with E-state index in [0.717, 1.165) is 25.7 Å². The SMILES string of the molecule is CO[C@H](c1ncc(Cl)cn1)[C@H](C)S(=O)(=O)Nc1nnc([C@H]2CC[C@@H](C)O2)n1C1CCOCC1. The van der Waals surface area contributed by atoms with Crippen LogP contribution < -0.4 is 4.72 Å². The van der Waals surface area contributed by atoms with Crippen molar-refractivity contribution in [3.05, 3.63) is 29.1 Å². The van der Waals surface area contributed by atoms with Crippen molar-refractivity contribution >= 4 is 27.6 Å². The average Bonchev–Trinajstić information content (AvgIpc) is 3.41. The first-order valence-corrected chi connectivity index (χ1v) is 12.9. The number of nitrogens with zero attached hydrogens (tertiary/aromatic N) is 5. The van der Waals surface area contributed by atoms with Gasteiger partial charge < -0.3 is 14.2 Å². The summed E-state index contributed by atoms with van der Waals surface area (Å²) in [5.41, 5.74) is 0. The zero-order chi connectivity index (χ0) is 23.6. The standard InChI is InChI=1S/C20H29ClN6O5S/c1-12-4-5-16(32-12)19-24-25-20(27(19)15-6-8-31-9-7-15)26-33(28,29)13(2)17(30-3)18-22-10-14(21)11-23-18/h10-13,15-17H,4-9H2,1-3H3,(H,25,26)/t12-,13+,16-,17+/m1/s1. The second-order valence-electron chi connectivity index (χ2n) is 8.38. The maximum absolute atomic E-state index is 13.3. The van der Waals surface area contributed by atoms with Gasteiger partial charge in [-0.2, -0.15) is 0 Å². The zero-order valence-corrected chi connectivity index (χ0v) is 20.4. The Morgan fingerprint density at radius 2 is 1.88 bits per heavy atom. The molecule has 0 unspecified atom stereocenters. The lowest BCUT2D eigenvalue weighted by Crippen LogP contribution is -2.34. The van der Waals surface area contributed by atoms with E-state index in [4.69, 9.17) is 25.8 Å². The first-order chi connectivity index (χ1) is 15.8. The quantitative estimate of drug-likeness (QED) is 0.581. The molecule has 0 saturated carbocycles. The highest BCUT2D eigenvalue weighted by Gasteiger charge is 2.37. The Morgan fingerprint density at radius 1 is 1.18 bits per heavy atom. The van der Waals surface area contributed by atoms with Crippen LogP contribution >= 0.6 is 11.6 Å². The minimum Gasteiger partial charge on any atom is -0.381 e. The number of sulfonamides is 1. The second kappa shape index (κ2) is 10.2. The van der Waals surface area contributed by atoms with E-state index >= 15 is 0 Å². The van der Waals surface area contributed by atoms with Gasteiger partial charge in [0, 0.05) is 38.8 Å². The number of anilines is 1. The Kier molecular flexibility index (Phi) is 7.49. The Labute approximate surface area is 198 Å². The second-order valence-corrected chi connectivity index (χ2v) is 10.9. The van der Waals surface area contributed by atoms with Crippen LogP contribution in [0.1, 0.15) is 69.4 Å². The highest BCUT2D eigenvalue weighted by Crippen LogP contribution is 2.36. The molecule has 13 heteroatoms. The molecule has 0 aromatic carbocycles. The number of halogens is 1. The lowest BCUT2D eigenvalue weighted by molar-refractivity contribution is 0.0397. The normalized spacial score (nSPS) is 24.0. The van der Waals surface area contributed by atoms with E-state index < -0.39 is 21.4 Å². The monoisotopic (exact) mass is 500 g/mol. The van der Waals surface area contributed by atoms with Gasteiger partial charge in [-0.05, 0) is 39.5 Å². The molecule has 2 aliphatic rings. The predicted molar refractivity (Wildman–Crippen MR) is 120 cm³/mol. The van der Waals surface area contributed by atoms with Crippen molar-refractivity contribution < 1.29 is 22.6 Å². The summed E-state index contributed by atoms with van der Waals surface area (Å²) in [4.78, 5) is 8.24. The molecule has 4 heterocycles. The Bertz CT molecular complexity index is 1040. The van der Waals surface area contributed by atoms with Crippen molar-refractivity contribution in [1.82, 2.24) is 24.7 Å². The van der Waals surface area contributed by atoms with E-state index in [1.54, 1.807) is 0 Å². The van der Waals surface area contributed by atoms with E-state index in [1.165, 1.54) is 26.4 Å². The number of methoxy groups -OCH3 is 1. The number of hydrogen-bond acceptors (Lipinski definition) is 9. The van der Waals surface area contributed by atoms with Crippen molar-refractivity contribution in [2.75, 3.05) is 25.0 Å². The summed E-state index contributed by atoms with van der Waals surface area (Å²) in [5, 5.41) is 7.88. The first kappa shape index (κ1) is 24.3. The Hall–Kier alpha value is -1.86. The molecule has 0 spiro atoms. The van der Waals surface area contributed by atoms with Gasteiger partial charge in [0.2, 0.25) is 16.0 Å². The summed E-state index contributed by atoms with van der Waals surface area (Å²) in [6.07, 6.45) is 4.99. The molecule has 0 aliphatic carbocycles. The molecule has 0 bridgehead atoms. The maximum Gasteiger partial charge on any atom is 0.240 e. The van der Waals surface area contributed by atoms with Gasteiger partial charge in [-0.1, -0.05) is 11.6 Å². The number of aromatic nitrogens is 5. The molecule has 0 radical (unpaired) electrons. The summed E-state index contributed by atoms with van der Waals surface area (Å²) in [6, 6.07) is 0.00841. The van der Waals surface area contributed by atoms with Crippen LogP contribution in [0.15, 0.2) is 12.4 Å². The summed E-state index contributed by atoms with van der Waals surface area (Å²) >= 11 is 5.86. The van der Waals surface area contributed by atoms with Crippen LogP contribution in [0.3, 0.4) is 0 Å². The third kappa shape index (κ3) is 5.29. The number of hydrogen-bond donors (Lipinski definition) is 1. The lowest BCUT2D eigenvalue weighted by atomic mass is 10.1. The molecule has 33 heavy (non-hydrogen) atoms. The van der Waals surface area contributed by atoms with Crippen molar-refractivity contribution in [3.63, 3.8) is 0 Å². The van der Waals surface area contributed by atoms with Crippen LogP contribution in [0.2, 0.25) is 5.02 Å².